The Balaban J connectivity index is 0.00000312. The molecule has 1 aliphatic heterocycles. The minimum atomic E-state index is -0.287. The molecule has 0 saturated carbocycles. The highest BCUT2D eigenvalue weighted by Crippen LogP contribution is 2.17. The Morgan fingerprint density at radius 1 is 1.44 bits per heavy atom. The number of benzene rings is 1. The normalized spacial score (nSPS) is 17.2. The van der Waals surface area contributed by atoms with Gasteiger partial charge in [0.25, 0.3) is 0 Å². The molecule has 0 bridgehead atoms. The zero-order valence-corrected chi connectivity index (χ0v) is 18.4. The summed E-state index contributed by atoms with van der Waals surface area (Å²) in [6, 6.07) is 5.21. The molecule has 140 valence electrons. The molecular weight excluding hydrogens is 502 g/mol. The minimum Gasteiger partial charge on any atom is -0.357 e. The molecule has 1 unspecified atom stereocenters. The Bertz CT molecular complexity index is 614. The fraction of sp³-hybridized carbons (Fsp3) is 0.529. The van der Waals surface area contributed by atoms with Gasteiger partial charge in [0.15, 0.2) is 5.96 Å². The monoisotopic (exact) mass is 526 g/mol. The van der Waals surface area contributed by atoms with Gasteiger partial charge in [-0.15, -0.1) is 24.0 Å². The fourth-order valence-electron chi connectivity index (χ4n) is 2.65. The van der Waals surface area contributed by atoms with Crippen LogP contribution in [0.5, 0.6) is 0 Å². The van der Waals surface area contributed by atoms with Crippen LogP contribution >= 0.6 is 39.9 Å². The van der Waals surface area contributed by atoms with E-state index in [1.807, 2.05) is 24.8 Å². The molecule has 1 aromatic rings. The van der Waals surface area contributed by atoms with Gasteiger partial charge >= 0.3 is 0 Å². The molecule has 25 heavy (non-hydrogen) atoms. The first-order chi connectivity index (χ1) is 11.5. The number of rotatable bonds is 5. The molecule has 1 heterocycles. The van der Waals surface area contributed by atoms with Gasteiger partial charge in [-0.25, -0.2) is 9.38 Å². The summed E-state index contributed by atoms with van der Waals surface area (Å²) in [5, 5.41) is 6.56. The van der Waals surface area contributed by atoms with Gasteiger partial charge in [0.1, 0.15) is 5.82 Å². The number of guanidine groups is 1. The Labute approximate surface area is 174 Å². The average Bonchev–Trinajstić information content (AvgIpc) is 3.03. The highest BCUT2D eigenvalue weighted by molar-refractivity contribution is 14.0. The van der Waals surface area contributed by atoms with E-state index < -0.39 is 0 Å². The van der Waals surface area contributed by atoms with Gasteiger partial charge in [-0.1, -0.05) is 13.0 Å². The number of nitrogens with zero attached hydrogens (tertiary/aromatic N) is 2. The molecule has 2 rings (SSSR count). The van der Waals surface area contributed by atoms with Gasteiger partial charge in [0.2, 0.25) is 5.91 Å². The van der Waals surface area contributed by atoms with Crippen molar-refractivity contribution < 1.29 is 9.18 Å². The lowest BCUT2D eigenvalue weighted by atomic mass is 10.2. The summed E-state index contributed by atoms with van der Waals surface area (Å²) in [7, 11) is 0. The maximum absolute atomic E-state index is 13.6. The Hall–Kier alpha value is -0.900. The summed E-state index contributed by atoms with van der Waals surface area (Å²) in [6.45, 7) is 6.49. The van der Waals surface area contributed by atoms with E-state index in [0.717, 1.165) is 25.1 Å². The third kappa shape index (κ3) is 6.73. The van der Waals surface area contributed by atoms with Crippen LogP contribution in [-0.2, 0) is 11.3 Å². The SMILES string of the molecule is CCNC(=NCc1ccc(Br)c(F)c1)NC1CCN(C(=O)CC)C1.I. The van der Waals surface area contributed by atoms with Crippen molar-refractivity contribution in [3.05, 3.63) is 34.1 Å². The van der Waals surface area contributed by atoms with Crippen molar-refractivity contribution in [2.45, 2.75) is 39.3 Å². The van der Waals surface area contributed by atoms with Crippen molar-refractivity contribution in [3.63, 3.8) is 0 Å². The van der Waals surface area contributed by atoms with Crippen LogP contribution in [0, 0.1) is 5.82 Å². The Kier molecular flexibility index (Phi) is 9.70. The Morgan fingerprint density at radius 3 is 2.84 bits per heavy atom. The zero-order valence-electron chi connectivity index (χ0n) is 14.5. The largest absolute Gasteiger partial charge is 0.357 e. The predicted octanol–water partition coefficient (Wildman–Crippen LogP) is 3.27. The third-order valence-electron chi connectivity index (χ3n) is 3.93. The van der Waals surface area contributed by atoms with E-state index in [1.165, 1.54) is 6.07 Å². The lowest BCUT2D eigenvalue weighted by Gasteiger charge is -2.18. The molecule has 1 aliphatic rings. The molecule has 5 nitrogen and oxygen atoms in total. The number of aliphatic imine (C=N–C) groups is 1. The maximum atomic E-state index is 13.6. The van der Waals surface area contributed by atoms with Crippen LogP contribution in [-0.4, -0.2) is 42.4 Å². The van der Waals surface area contributed by atoms with E-state index in [0.29, 0.717) is 29.9 Å². The molecule has 1 fully saturated rings. The number of hydrogen-bond acceptors (Lipinski definition) is 2. The second kappa shape index (κ2) is 10.9. The molecule has 0 aliphatic carbocycles. The predicted molar refractivity (Wildman–Crippen MR) is 113 cm³/mol. The minimum absolute atomic E-state index is 0. The molecule has 1 aromatic carbocycles. The van der Waals surface area contributed by atoms with Crippen molar-refractivity contribution in [1.82, 2.24) is 15.5 Å². The Morgan fingerprint density at radius 2 is 2.20 bits per heavy atom. The number of hydrogen-bond donors (Lipinski definition) is 2. The first-order valence-electron chi connectivity index (χ1n) is 8.30. The highest BCUT2D eigenvalue weighted by Gasteiger charge is 2.25. The van der Waals surface area contributed by atoms with Gasteiger partial charge in [0.05, 0.1) is 11.0 Å². The quantitative estimate of drug-likeness (QED) is 0.352. The van der Waals surface area contributed by atoms with Gasteiger partial charge in [-0.2, -0.15) is 0 Å². The van der Waals surface area contributed by atoms with Crippen LogP contribution in [0.2, 0.25) is 0 Å². The molecule has 2 N–H and O–H groups in total. The van der Waals surface area contributed by atoms with E-state index in [1.54, 1.807) is 6.07 Å². The van der Waals surface area contributed by atoms with Gasteiger partial charge in [-0.05, 0) is 47.0 Å². The lowest BCUT2D eigenvalue weighted by molar-refractivity contribution is -0.129. The highest BCUT2D eigenvalue weighted by atomic mass is 127. The molecule has 0 aromatic heterocycles. The number of likely N-dealkylation sites (tertiary alicyclic amines) is 1. The summed E-state index contributed by atoms with van der Waals surface area (Å²) in [5.74, 6) is 0.591. The second-order valence-electron chi connectivity index (χ2n) is 5.77. The van der Waals surface area contributed by atoms with Crippen molar-refractivity contribution in [3.8, 4) is 0 Å². The van der Waals surface area contributed by atoms with E-state index in [9.17, 15) is 9.18 Å². The molecule has 1 amide bonds. The van der Waals surface area contributed by atoms with Crippen molar-refractivity contribution in [2.75, 3.05) is 19.6 Å². The van der Waals surface area contributed by atoms with Crippen LogP contribution in [0.4, 0.5) is 4.39 Å². The number of carbonyl (C=O) groups is 1. The summed E-state index contributed by atoms with van der Waals surface area (Å²) >= 11 is 3.15. The van der Waals surface area contributed by atoms with Crippen LogP contribution in [0.3, 0.4) is 0 Å². The van der Waals surface area contributed by atoms with Gasteiger partial charge in [0, 0.05) is 32.1 Å². The summed E-state index contributed by atoms with van der Waals surface area (Å²) < 4.78 is 14.0. The van der Waals surface area contributed by atoms with Crippen LogP contribution in [0.15, 0.2) is 27.7 Å². The first-order valence-corrected chi connectivity index (χ1v) is 9.09. The first kappa shape index (κ1) is 22.1. The molecular formula is C17H25BrFIN4O. The zero-order chi connectivity index (χ0) is 17.5. The fourth-order valence-corrected chi connectivity index (χ4v) is 2.90. The standard InChI is InChI=1S/C17H24BrFN4O.HI/c1-3-16(24)23-8-7-13(11-23)22-17(20-4-2)21-10-12-5-6-14(18)15(19)9-12;/h5-6,9,13H,3-4,7-8,10-11H2,1-2H3,(H2,20,21,22);1H. The summed E-state index contributed by atoms with van der Waals surface area (Å²) in [4.78, 5) is 18.2. The lowest BCUT2D eigenvalue weighted by Crippen LogP contribution is -2.45. The third-order valence-corrected chi connectivity index (χ3v) is 4.58. The van der Waals surface area contributed by atoms with E-state index in [2.05, 4.69) is 31.6 Å². The number of nitrogens with one attached hydrogen (secondary N) is 2. The molecule has 1 saturated heterocycles. The van der Waals surface area contributed by atoms with Crippen LogP contribution in [0.1, 0.15) is 32.3 Å². The average molecular weight is 527 g/mol. The van der Waals surface area contributed by atoms with E-state index in [4.69, 9.17) is 0 Å². The smallest absolute Gasteiger partial charge is 0.222 e. The van der Waals surface area contributed by atoms with Gasteiger partial charge in [-0.3, -0.25) is 4.79 Å². The molecule has 8 heteroatoms. The second-order valence-corrected chi connectivity index (χ2v) is 6.62. The number of amides is 1. The van der Waals surface area contributed by atoms with Crippen LogP contribution in [0.25, 0.3) is 0 Å². The molecule has 0 radical (unpaired) electrons. The maximum Gasteiger partial charge on any atom is 0.222 e. The van der Waals surface area contributed by atoms with E-state index in [-0.39, 0.29) is 41.7 Å². The van der Waals surface area contributed by atoms with Crippen molar-refractivity contribution >= 4 is 51.8 Å². The molecule has 0 spiro atoms. The van der Waals surface area contributed by atoms with Crippen LogP contribution < -0.4 is 10.6 Å². The summed E-state index contributed by atoms with van der Waals surface area (Å²) in [5.41, 5.74) is 0.808. The molecule has 1 atom stereocenters. The van der Waals surface area contributed by atoms with Gasteiger partial charge < -0.3 is 15.5 Å². The summed E-state index contributed by atoms with van der Waals surface area (Å²) in [6.07, 6.45) is 1.44. The van der Waals surface area contributed by atoms with Crippen molar-refractivity contribution in [2.24, 2.45) is 4.99 Å². The van der Waals surface area contributed by atoms with E-state index >= 15 is 0 Å². The topological polar surface area (TPSA) is 56.7 Å². The van der Waals surface area contributed by atoms with Crippen molar-refractivity contribution in [1.29, 1.82) is 0 Å². The number of carbonyl (C=O) groups excluding carboxylic acids is 1. The number of halogens is 3.